The second-order valence-electron chi connectivity index (χ2n) is 2.59. The van der Waals surface area contributed by atoms with Crippen LogP contribution in [0.5, 0.6) is 0 Å². The molecule has 0 bridgehead atoms. The molecule has 1 aromatic rings. The van der Waals surface area contributed by atoms with E-state index in [9.17, 15) is 0 Å². The zero-order valence-corrected chi connectivity index (χ0v) is 10.2. The van der Waals surface area contributed by atoms with E-state index in [0.717, 1.165) is 27.2 Å². The third kappa shape index (κ3) is 3.75. The Hall–Kier alpha value is 0.0800. The molecular weight excluding hydrogens is 268 g/mol. The van der Waals surface area contributed by atoms with Crippen LogP contribution in [0.15, 0.2) is 28.7 Å². The van der Waals surface area contributed by atoms with Gasteiger partial charge >= 0.3 is 0 Å². The van der Waals surface area contributed by atoms with Gasteiger partial charge in [0.05, 0.1) is 5.02 Å². The van der Waals surface area contributed by atoms with E-state index in [1.807, 2.05) is 18.2 Å². The molecule has 70 valence electrons. The van der Waals surface area contributed by atoms with E-state index in [-0.39, 0.29) is 0 Å². The van der Waals surface area contributed by atoms with Crippen LogP contribution in [0, 0.1) is 0 Å². The molecule has 0 nitrogen and oxygen atoms in total. The van der Waals surface area contributed by atoms with Gasteiger partial charge < -0.3 is 0 Å². The summed E-state index contributed by atoms with van der Waals surface area (Å²) in [6, 6.07) is 5.90. The van der Waals surface area contributed by atoms with Crippen LogP contribution in [0.4, 0.5) is 0 Å². The van der Waals surface area contributed by atoms with Crippen molar-refractivity contribution in [2.45, 2.75) is 6.42 Å². The van der Waals surface area contributed by atoms with Gasteiger partial charge in [0, 0.05) is 4.47 Å². The van der Waals surface area contributed by atoms with Gasteiger partial charge in [-0.05, 0) is 45.8 Å². The maximum absolute atomic E-state index is 5.93. The molecule has 0 aliphatic rings. The van der Waals surface area contributed by atoms with Gasteiger partial charge in [-0.15, -0.1) is 0 Å². The van der Waals surface area contributed by atoms with Crippen LogP contribution < -0.4 is 0 Å². The van der Waals surface area contributed by atoms with Crippen molar-refractivity contribution >= 4 is 46.2 Å². The van der Waals surface area contributed by atoms with E-state index in [1.54, 1.807) is 0 Å². The number of benzene rings is 1. The molecule has 0 saturated heterocycles. The topological polar surface area (TPSA) is 0 Å². The van der Waals surface area contributed by atoms with Crippen molar-refractivity contribution in [3.8, 4) is 0 Å². The molecule has 3 heteroatoms. The third-order valence-electron chi connectivity index (χ3n) is 1.55. The number of hydrogen-bond donors (Lipinski definition) is 1. The molecule has 0 unspecified atom stereocenters. The summed E-state index contributed by atoms with van der Waals surface area (Å²) in [7, 11) is 0. The Morgan fingerprint density at radius 1 is 1.46 bits per heavy atom. The quantitative estimate of drug-likeness (QED) is 0.776. The molecule has 0 spiro atoms. The Kier molecular flexibility index (Phi) is 4.92. The number of hydrogen-bond acceptors (Lipinski definition) is 1. The highest BCUT2D eigenvalue weighted by Gasteiger charge is 1.95. The number of halogens is 2. The number of rotatable bonds is 3. The lowest BCUT2D eigenvalue weighted by Crippen LogP contribution is -1.74. The average molecular weight is 278 g/mol. The Bertz CT molecular complexity index is 310. The summed E-state index contributed by atoms with van der Waals surface area (Å²) in [5.41, 5.74) is 1.12. The van der Waals surface area contributed by atoms with Crippen LogP contribution in [-0.2, 0) is 0 Å². The highest BCUT2D eigenvalue weighted by Crippen LogP contribution is 2.23. The van der Waals surface area contributed by atoms with Gasteiger partial charge in [0.25, 0.3) is 0 Å². The second kappa shape index (κ2) is 5.74. The molecule has 13 heavy (non-hydrogen) atoms. The summed E-state index contributed by atoms with van der Waals surface area (Å²) in [6.45, 7) is 0. The van der Waals surface area contributed by atoms with Crippen molar-refractivity contribution in [1.29, 1.82) is 0 Å². The van der Waals surface area contributed by atoms with E-state index in [0.29, 0.717) is 0 Å². The zero-order chi connectivity index (χ0) is 9.68. The molecule has 1 aromatic carbocycles. The van der Waals surface area contributed by atoms with E-state index in [1.165, 1.54) is 0 Å². The van der Waals surface area contributed by atoms with Crippen LogP contribution in [0.25, 0.3) is 6.08 Å². The predicted molar refractivity (Wildman–Crippen MR) is 66.7 cm³/mol. The fraction of sp³-hybridized carbons (Fsp3) is 0.200. The van der Waals surface area contributed by atoms with Crippen LogP contribution in [0.2, 0.25) is 5.02 Å². The predicted octanol–water partition coefficient (Wildman–Crippen LogP) is 4.44. The third-order valence-corrected chi connectivity index (χ3v) is 3.04. The molecule has 0 amide bonds. The summed E-state index contributed by atoms with van der Waals surface area (Å²) >= 11 is 13.4. The summed E-state index contributed by atoms with van der Waals surface area (Å²) in [5.74, 6) is 0.876. The standard InChI is InChI=1S/C10H10BrClS/c11-9-5-4-8(7-10(9)12)3-1-2-6-13/h1,3-5,7,13H,2,6H2. The first-order chi connectivity index (χ1) is 6.24. The monoisotopic (exact) mass is 276 g/mol. The van der Waals surface area contributed by atoms with E-state index in [2.05, 4.69) is 40.7 Å². The summed E-state index contributed by atoms with van der Waals surface area (Å²) in [5, 5.41) is 0.744. The number of thiol groups is 1. The van der Waals surface area contributed by atoms with Crippen LogP contribution in [0.3, 0.4) is 0 Å². The van der Waals surface area contributed by atoms with Crippen molar-refractivity contribution in [3.05, 3.63) is 39.3 Å². The maximum Gasteiger partial charge on any atom is 0.0554 e. The van der Waals surface area contributed by atoms with Gasteiger partial charge in [-0.1, -0.05) is 29.8 Å². The van der Waals surface area contributed by atoms with Gasteiger partial charge in [-0.25, -0.2) is 0 Å². The molecule has 0 fully saturated rings. The van der Waals surface area contributed by atoms with E-state index in [4.69, 9.17) is 11.6 Å². The first kappa shape index (κ1) is 11.2. The van der Waals surface area contributed by atoms with Crippen molar-refractivity contribution in [1.82, 2.24) is 0 Å². The molecule has 0 atom stereocenters. The fourth-order valence-corrected chi connectivity index (χ4v) is 1.49. The van der Waals surface area contributed by atoms with Crippen molar-refractivity contribution in [2.75, 3.05) is 5.75 Å². The minimum Gasteiger partial charge on any atom is -0.179 e. The first-order valence-corrected chi connectivity index (χ1v) is 5.77. The molecule has 0 saturated carbocycles. The molecule has 1 rings (SSSR count). The molecule has 0 aliphatic carbocycles. The van der Waals surface area contributed by atoms with Crippen LogP contribution >= 0.6 is 40.2 Å². The Morgan fingerprint density at radius 2 is 2.23 bits per heavy atom. The molecular formula is C10H10BrClS. The lowest BCUT2D eigenvalue weighted by atomic mass is 10.2. The van der Waals surface area contributed by atoms with Gasteiger partial charge in [0.2, 0.25) is 0 Å². The highest BCUT2D eigenvalue weighted by atomic mass is 79.9. The molecule has 0 N–H and O–H groups in total. The molecule has 0 aromatic heterocycles. The Labute approximate surface area is 97.5 Å². The van der Waals surface area contributed by atoms with E-state index >= 15 is 0 Å². The Balaban J connectivity index is 2.73. The summed E-state index contributed by atoms with van der Waals surface area (Å²) in [4.78, 5) is 0. The van der Waals surface area contributed by atoms with E-state index < -0.39 is 0 Å². The van der Waals surface area contributed by atoms with Crippen molar-refractivity contribution < 1.29 is 0 Å². The first-order valence-electron chi connectivity index (χ1n) is 3.96. The lowest BCUT2D eigenvalue weighted by molar-refractivity contribution is 1.26. The summed E-state index contributed by atoms with van der Waals surface area (Å²) in [6.07, 6.45) is 5.12. The van der Waals surface area contributed by atoms with Crippen molar-refractivity contribution in [3.63, 3.8) is 0 Å². The van der Waals surface area contributed by atoms with Gasteiger partial charge in [0.15, 0.2) is 0 Å². The Morgan fingerprint density at radius 3 is 2.85 bits per heavy atom. The normalized spacial score (nSPS) is 11.0. The van der Waals surface area contributed by atoms with Crippen molar-refractivity contribution in [2.24, 2.45) is 0 Å². The fourth-order valence-electron chi connectivity index (χ4n) is 0.910. The van der Waals surface area contributed by atoms with Gasteiger partial charge in [-0.3, -0.25) is 0 Å². The van der Waals surface area contributed by atoms with Crippen LogP contribution in [0.1, 0.15) is 12.0 Å². The largest absolute Gasteiger partial charge is 0.179 e. The minimum absolute atomic E-state index is 0.744. The number of allylic oxidation sites excluding steroid dienone is 1. The minimum atomic E-state index is 0.744. The zero-order valence-electron chi connectivity index (χ0n) is 7.00. The summed E-state index contributed by atoms with van der Waals surface area (Å²) < 4.78 is 0.931. The molecule has 0 aliphatic heterocycles. The van der Waals surface area contributed by atoms with Gasteiger partial charge in [0.1, 0.15) is 0 Å². The second-order valence-corrected chi connectivity index (χ2v) is 4.30. The highest BCUT2D eigenvalue weighted by molar-refractivity contribution is 9.10. The average Bonchev–Trinajstić information content (AvgIpc) is 2.12. The molecule has 0 radical (unpaired) electrons. The SMILES string of the molecule is SCCC=Cc1ccc(Br)c(Cl)c1. The maximum atomic E-state index is 5.93. The lowest BCUT2D eigenvalue weighted by Gasteiger charge is -1.97. The smallest absolute Gasteiger partial charge is 0.0554 e. The molecule has 0 heterocycles. The van der Waals surface area contributed by atoms with Crippen LogP contribution in [-0.4, -0.2) is 5.75 Å². The van der Waals surface area contributed by atoms with Gasteiger partial charge in [-0.2, -0.15) is 12.6 Å².